The Morgan fingerprint density at radius 3 is 2.53 bits per heavy atom. The van der Waals surface area contributed by atoms with Crippen molar-refractivity contribution < 1.29 is 23.9 Å². The number of rotatable bonds is 8. The third-order valence-corrected chi connectivity index (χ3v) is 5.86. The van der Waals surface area contributed by atoms with E-state index >= 15 is 0 Å². The Kier molecular flexibility index (Phi) is 7.59. The quantitative estimate of drug-likeness (QED) is 0.511. The fourth-order valence-corrected chi connectivity index (χ4v) is 4.75. The summed E-state index contributed by atoms with van der Waals surface area (Å²) in [5, 5.41) is 3.16. The number of ether oxygens (including phenoxy) is 2. The van der Waals surface area contributed by atoms with Gasteiger partial charge in [0.15, 0.2) is 0 Å². The Morgan fingerprint density at radius 1 is 1.10 bits per heavy atom. The standard InChI is InChI=1S/C22H26N2O5S/c1-3-28-19(26)12-18(25)23-21-20(22(27)29-4-2)16-10-11-24(14-17(16)30-21)13-15-8-6-5-7-9-15/h5-9H,3-4,10-14H2,1-2H3,(H,23,25). The number of carbonyl (C=O) groups is 3. The second kappa shape index (κ2) is 10.4. The number of carbonyl (C=O) groups excluding carboxylic acids is 3. The number of hydrogen-bond acceptors (Lipinski definition) is 7. The number of esters is 2. The van der Waals surface area contributed by atoms with Crippen molar-refractivity contribution in [2.24, 2.45) is 0 Å². The molecule has 2 aromatic rings. The highest BCUT2D eigenvalue weighted by Crippen LogP contribution is 2.38. The molecule has 1 aliphatic heterocycles. The van der Waals surface area contributed by atoms with Gasteiger partial charge in [0, 0.05) is 24.5 Å². The Bertz CT molecular complexity index is 910. The molecule has 2 heterocycles. The highest BCUT2D eigenvalue weighted by Gasteiger charge is 2.29. The van der Waals surface area contributed by atoms with Crippen LogP contribution in [-0.2, 0) is 38.6 Å². The van der Waals surface area contributed by atoms with Crippen molar-refractivity contribution in [3.8, 4) is 0 Å². The van der Waals surface area contributed by atoms with E-state index in [1.165, 1.54) is 16.9 Å². The number of hydrogen-bond donors (Lipinski definition) is 1. The summed E-state index contributed by atoms with van der Waals surface area (Å²) in [5.74, 6) is -1.54. The van der Waals surface area contributed by atoms with Crippen LogP contribution in [0.5, 0.6) is 0 Å². The molecule has 1 aromatic heterocycles. The van der Waals surface area contributed by atoms with Gasteiger partial charge < -0.3 is 14.8 Å². The number of nitrogens with one attached hydrogen (secondary N) is 1. The topological polar surface area (TPSA) is 84.9 Å². The first-order valence-electron chi connectivity index (χ1n) is 10.0. The lowest BCUT2D eigenvalue weighted by Crippen LogP contribution is -2.30. The maximum Gasteiger partial charge on any atom is 0.341 e. The molecule has 1 amide bonds. The molecule has 0 radical (unpaired) electrons. The smallest absolute Gasteiger partial charge is 0.341 e. The normalized spacial score (nSPS) is 13.4. The van der Waals surface area contributed by atoms with Crippen LogP contribution in [0.2, 0.25) is 0 Å². The van der Waals surface area contributed by atoms with E-state index in [2.05, 4.69) is 22.3 Å². The molecule has 30 heavy (non-hydrogen) atoms. The van der Waals surface area contributed by atoms with Gasteiger partial charge in [0.2, 0.25) is 5.91 Å². The van der Waals surface area contributed by atoms with E-state index in [0.717, 1.165) is 23.5 Å². The van der Waals surface area contributed by atoms with Crippen LogP contribution in [0.15, 0.2) is 30.3 Å². The highest BCUT2D eigenvalue weighted by molar-refractivity contribution is 7.17. The van der Waals surface area contributed by atoms with Crippen LogP contribution >= 0.6 is 11.3 Å². The number of amides is 1. The van der Waals surface area contributed by atoms with Gasteiger partial charge in [-0.25, -0.2) is 4.79 Å². The minimum atomic E-state index is -0.594. The van der Waals surface area contributed by atoms with Crippen LogP contribution in [0, 0.1) is 0 Å². The van der Waals surface area contributed by atoms with Gasteiger partial charge in [0.05, 0.1) is 18.8 Å². The molecule has 0 bridgehead atoms. The summed E-state index contributed by atoms with van der Waals surface area (Å²) in [5.41, 5.74) is 2.56. The molecule has 0 aliphatic carbocycles. The molecule has 8 heteroatoms. The van der Waals surface area contributed by atoms with Crippen LogP contribution < -0.4 is 5.32 Å². The van der Waals surface area contributed by atoms with Gasteiger partial charge in [-0.3, -0.25) is 14.5 Å². The minimum Gasteiger partial charge on any atom is -0.466 e. The molecule has 1 N–H and O–H groups in total. The van der Waals surface area contributed by atoms with Crippen LogP contribution in [0.4, 0.5) is 5.00 Å². The summed E-state index contributed by atoms with van der Waals surface area (Å²) >= 11 is 1.37. The van der Waals surface area contributed by atoms with E-state index in [1.807, 2.05) is 18.2 Å². The first kappa shape index (κ1) is 22.0. The maximum absolute atomic E-state index is 12.6. The van der Waals surface area contributed by atoms with Gasteiger partial charge in [-0.15, -0.1) is 11.3 Å². The zero-order valence-electron chi connectivity index (χ0n) is 17.2. The van der Waals surface area contributed by atoms with Crippen molar-refractivity contribution in [1.82, 2.24) is 4.90 Å². The molecular weight excluding hydrogens is 404 g/mol. The summed E-state index contributed by atoms with van der Waals surface area (Å²) in [4.78, 5) is 39.8. The lowest BCUT2D eigenvalue weighted by atomic mass is 10.0. The molecule has 1 aliphatic rings. The van der Waals surface area contributed by atoms with Crippen molar-refractivity contribution in [1.29, 1.82) is 0 Å². The number of nitrogens with zero attached hydrogens (tertiary/aromatic N) is 1. The molecule has 160 valence electrons. The van der Waals surface area contributed by atoms with Gasteiger partial charge in [0.1, 0.15) is 11.4 Å². The molecule has 0 fully saturated rings. The van der Waals surface area contributed by atoms with Crippen molar-refractivity contribution in [2.75, 3.05) is 25.1 Å². The molecule has 0 saturated heterocycles. The molecule has 0 saturated carbocycles. The van der Waals surface area contributed by atoms with Crippen LogP contribution in [0.3, 0.4) is 0 Å². The van der Waals surface area contributed by atoms with E-state index in [0.29, 0.717) is 23.5 Å². The average Bonchev–Trinajstić information content (AvgIpc) is 3.05. The predicted octanol–water partition coefficient (Wildman–Crippen LogP) is 3.37. The average molecular weight is 431 g/mol. The zero-order chi connectivity index (χ0) is 21.5. The second-order valence-corrected chi connectivity index (χ2v) is 8.01. The summed E-state index contributed by atoms with van der Waals surface area (Å²) < 4.78 is 10.1. The van der Waals surface area contributed by atoms with E-state index in [9.17, 15) is 14.4 Å². The monoisotopic (exact) mass is 430 g/mol. The zero-order valence-corrected chi connectivity index (χ0v) is 18.0. The van der Waals surface area contributed by atoms with Gasteiger partial charge in [-0.2, -0.15) is 0 Å². The third kappa shape index (κ3) is 5.46. The van der Waals surface area contributed by atoms with Crippen LogP contribution in [-0.4, -0.2) is 42.5 Å². The van der Waals surface area contributed by atoms with Crippen LogP contribution in [0.1, 0.15) is 46.6 Å². The second-order valence-electron chi connectivity index (χ2n) is 6.90. The minimum absolute atomic E-state index is 0.213. The molecule has 0 atom stereocenters. The SMILES string of the molecule is CCOC(=O)CC(=O)Nc1sc2c(c1C(=O)OCC)CCN(Cc1ccccc1)C2. The Balaban J connectivity index is 1.79. The van der Waals surface area contributed by atoms with Crippen molar-refractivity contribution >= 4 is 34.2 Å². The number of fused-ring (bicyclic) bond motifs is 1. The summed E-state index contributed by atoms with van der Waals surface area (Å²) in [6.07, 6.45) is 0.305. The maximum atomic E-state index is 12.6. The number of thiophene rings is 1. The Labute approximate surface area is 180 Å². The third-order valence-electron chi connectivity index (χ3n) is 4.73. The van der Waals surface area contributed by atoms with E-state index in [1.54, 1.807) is 13.8 Å². The fourth-order valence-electron chi connectivity index (χ4n) is 3.45. The lowest BCUT2D eigenvalue weighted by Gasteiger charge is -2.27. The molecule has 0 spiro atoms. The van der Waals surface area contributed by atoms with E-state index in [4.69, 9.17) is 9.47 Å². The van der Waals surface area contributed by atoms with Crippen molar-refractivity contribution in [2.45, 2.75) is 39.8 Å². The molecule has 0 unspecified atom stereocenters. The Hall–Kier alpha value is -2.71. The van der Waals surface area contributed by atoms with Crippen molar-refractivity contribution in [3.05, 3.63) is 51.9 Å². The molecular formula is C22H26N2O5S. The van der Waals surface area contributed by atoms with Gasteiger partial charge >= 0.3 is 11.9 Å². The lowest BCUT2D eigenvalue weighted by molar-refractivity contribution is -0.145. The number of anilines is 1. The fraction of sp³-hybridized carbons (Fsp3) is 0.409. The highest BCUT2D eigenvalue weighted by atomic mass is 32.1. The Morgan fingerprint density at radius 2 is 1.83 bits per heavy atom. The van der Waals surface area contributed by atoms with Crippen LogP contribution in [0.25, 0.3) is 0 Å². The van der Waals surface area contributed by atoms with Gasteiger partial charge in [-0.05, 0) is 31.4 Å². The van der Waals surface area contributed by atoms with E-state index in [-0.39, 0.29) is 13.2 Å². The first-order valence-corrected chi connectivity index (χ1v) is 10.9. The van der Waals surface area contributed by atoms with Gasteiger partial charge in [-0.1, -0.05) is 30.3 Å². The summed E-state index contributed by atoms with van der Waals surface area (Å²) in [6, 6.07) is 10.2. The molecule has 1 aromatic carbocycles. The van der Waals surface area contributed by atoms with Gasteiger partial charge in [0.25, 0.3) is 0 Å². The first-order chi connectivity index (χ1) is 14.5. The molecule has 3 rings (SSSR count). The van der Waals surface area contributed by atoms with Crippen molar-refractivity contribution in [3.63, 3.8) is 0 Å². The summed E-state index contributed by atoms with van der Waals surface area (Å²) in [6.45, 7) is 6.21. The number of benzene rings is 1. The van der Waals surface area contributed by atoms with E-state index < -0.39 is 24.3 Å². The largest absolute Gasteiger partial charge is 0.466 e. The predicted molar refractivity (Wildman–Crippen MR) is 114 cm³/mol. The summed E-state index contributed by atoms with van der Waals surface area (Å²) in [7, 11) is 0. The molecule has 7 nitrogen and oxygen atoms in total.